The second-order valence-corrected chi connectivity index (χ2v) is 10.1. The number of carbonyl (C=O) groups excluding carboxylic acids is 3. The van der Waals surface area contributed by atoms with E-state index >= 15 is 0 Å². The lowest BCUT2D eigenvalue weighted by molar-refractivity contribution is -0.282. The molecule has 1 fully saturated rings. The van der Waals surface area contributed by atoms with Crippen LogP contribution < -0.4 is 10.6 Å². The normalized spacial score (nSPS) is 24.5. The topological polar surface area (TPSA) is 173 Å². The average molecular weight is 585 g/mol. The van der Waals surface area contributed by atoms with Crippen LogP contribution in [0.3, 0.4) is 0 Å². The Balaban J connectivity index is 1.47. The number of benzene rings is 2. The van der Waals surface area contributed by atoms with Crippen molar-refractivity contribution in [1.82, 2.24) is 10.6 Å². The van der Waals surface area contributed by atoms with Crippen LogP contribution in [0.15, 0.2) is 61.2 Å². The van der Waals surface area contributed by atoms with Gasteiger partial charge in [0.25, 0.3) is 0 Å². The Bertz CT molecular complexity index is 1240. The van der Waals surface area contributed by atoms with Gasteiger partial charge in [-0.1, -0.05) is 61.2 Å². The summed E-state index contributed by atoms with van der Waals surface area (Å²) in [6.07, 6.45) is -6.41. The summed E-state index contributed by atoms with van der Waals surface area (Å²) in [5.74, 6) is -1.61. The van der Waals surface area contributed by atoms with Crippen molar-refractivity contribution in [2.75, 3.05) is 19.8 Å². The van der Waals surface area contributed by atoms with Gasteiger partial charge in [0.1, 0.15) is 37.6 Å². The quantitative estimate of drug-likeness (QED) is 0.189. The van der Waals surface area contributed by atoms with Crippen LogP contribution in [0.25, 0.3) is 11.1 Å². The molecule has 1 saturated heterocycles. The van der Waals surface area contributed by atoms with Crippen LogP contribution in [-0.2, 0) is 28.5 Å². The molecule has 12 heteroatoms. The molecule has 0 spiro atoms. The van der Waals surface area contributed by atoms with Crippen molar-refractivity contribution in [2.24, 2.45) is 0 Å². The summed E-state index contributed by atoms with van der Waals surface area (Å²) >= 11 is 0. The summed E-state index contributed by atoms with van der Waals surface area (Å²) in [7, 11) is 0. The van der Waals surface area contributed by atoms with Gasteiger partial charge in [0.05, 0.1) is 12.7 Å². The molecule has 0 saturated carbocycles. The molecule has 1 aliphatic heterocycles. The molecule has 2 amide bonds. The van der Waals surface area contributed by atoms with E-state index in [0.29, 0.717) is 0 Å². The molecule has 7 atom stereocenters. The van der Waals surface area contributed by atoms with Gasteiger partial charge in [-0.15, -0.1) is 0 Å². The minimum absolute atomic E-state index is 0.00211. The van der Waals surface area contributed by atoms with E-state index in [2.05, 4.69) is 17.2 Å². The van der Waals surface area contributed by atoms with Crippen molar-refractivity contribution in [1.29, 1.82) is 0 Å². The molecule has 1 heterocycles. The van der Waals surface area contributed by atoms with E-state index in [0.717, 1.165) is 22.3 Å². The molecule has 0 bridgehead atoms. The maximum absolute atomic E-state index is 13.0. The fraction of sp³-hybridized carbons (Fsp3) is 0.433. The molecular formula is C30H36N2O10. The highest BCUT2D eigenvalue weighted by Crippen LogP contribution is 2.44. The SMILES string of the molecule is C=CCOC(=O)[C@@H](NC(=O)OCC1c2ccccc2-c2ccccc21)[C@@H](C)O[C@@H]1OC(CO)[C@H](O)C(O)C1NC(C)=O. The number of aliphatic hydroxyl groups is 3. The number of fused-ring (bicyclic) bond motifs is 3. The van der Waals surface area contributed by atoms with E-state index in [4.69, 9.17) is 18.9 Å². The smallest absolute Gasteiger partial charge is 0.407 e. The Labute approximate surface area is 243 Å². The Hall–Kier alpha value is -3.81. The predicted molar refractivity (Wildman–Crippen MR) is 149 cm³/mol. The van der Waals surface area contributed by atoms with E-state index in [1.165, 1.54) is 19.9 Å². The highest BCUT2D eigenvalue weighted by atomic mass is 16.7. The van der Waals surface area contributed by atoms with Crippen molar-refractivity contribution < 1.29 is 48.7 Å². The lowest BCUT2D eigenvalue weighted by Gasteiger charge is -2.43. The summed E-state index contributed by atoms with van der Waals surface area (Å²) in [5.41, 5.74) is 4.15. The van der Waals surface area contributed by atoms with Gasteiger partial charge < -0.3 is 44.9 Å². The highest BCUT2D eigenvalue weighted by molar-refractivity contribution is 5.82. The average Bonchev–Trinajstić information content (AvgIpc) is 3.30. The van der Waals surface area contributed by atoms with Crippen molar-refractivity contribution in [2.45, 2.75) is 62.6 Å². The third kappa shape index (κ3) is 6.80. The van der Waals surface area contributed by atoms with Crippen LogP contribution in [-0.4, -0.2) is 95.9 Å². The molecule has 4 rings (SSSR count). The first-order valence-corrected chi connectivity index (χ1v) is 13.6. The standard InChI is InChI=1S/C30H36N2O10/c1-4-13-39-28(37)24(16(2)41-29-25(31-17(3)34)27(36)26(35)23(14-33)42-29)32-30(38)40-15-22-20-11-7-5-9-18(20)19-10-6-8-12-21(19)22/h4-12,16,22-27,29,33,35-36H,1,13-15H2,2-3H3,(H,31,34)(H,32,38)/t16-,23?,24+,25?,26+,27?,29-/m1/s1. The van der Waals surface area contributed by atoms with Crippen molar-refractivity contribution in [3.8, 4) is 11.1 Å². The number of aliphatic hydroxyl groups excluding tert-OH is 3. The van der Waals surface area contributed by atoms with Crippen LogP contribution in [0.1, 0.15) is 30.9 Å². The van der Waals surface area contributed by atoms with Crippen molar-refractivity contribution in [3.05, 3.63) is 72.3 Å². The largest absolute Gasteiger partial charge is 0.460 e. The lowest BCUT2D eigenvalue weighted by Crippen LogP contribution is -2.65. The fourth-order valence-electron chi connectivity index (χ4n) is 5.24. The number of alkyl carbamates (subject to hydrolysis) is 1. The van der Waals surface area contributed by atoms with Gasteiger partial charge in [-0.2, -0.15) is 0 Å². The van der Waals surface area contributed by atoms with Gasteiger partial charge in [0, 0.05) is 12.8 Å². The molecule has 0 radical (unpaired) electrons. The minimum atomic E-state index is -1.56. The summed E-state index contributed by atoms with van der Waals surface area (Å²) in [6.45, 7) is 5.38. The number of amides is 2. The third-order valence-electron chi connectivity index (χ3n) is 7.28. The van der Waals surface area contributed by atoms with Gasteiger partial charge in [0.2, 0.25) is 5.91 Å². The molecule has 2 aromatic carbocycles. The number of carbonyl (C=O) groups is 3. The zero-order chi connectivity index (χ0) is 30.4. The Morgan fingerprint density at radius 3 is 2.21 bits per heavy atom. The first-order valence-electron chi connectivity index (χ1n) is 13.6. The molecule has 1 aliphatic carbocycles. The van der Waals surface area contributed by atoms with Crippen molar-refractivity contribution in [3.63, 3.8) is 0 Å². The third-order valence-corrected chi connectivity index (χ3v) is 7.28. The van der Waals surface area contributed by atoms with Gasteiger partial charge >= 0.3 is 12.1 Å². The monoisotopic (exact) mass is 584 g/mol. The molecule has 3 unspecified atom stereocenters. The van der Waals surface area contributed by atoms with Crippen molar-refractivity contribution >= 4 is 18.0 Å². The summed E-state index contributed by atoms with van der Waals surface area (Å²) in [4.78, 5) is 37.7. The fourth-order valence-corrected chi connectivity index (χ4v) is 5.24. The zero-order valence-corrected chi connectivity index (χ0v) is 23.3. The maximum atomic E-state index is 13.0. The number of rotatable bonds is 11. The lowest BCUT2D eigenvalue weighted by atomic mass is 9.96. The Kier molecular flexibility index (Phi) is 10.3. The second-order valence-electron chi connectivity index (χ2n) is 10.1. The molecule has 12 nitrogen and oxygen atoms in total. The first kappa shape index (κ1) is 31.1. The maximum Gasteiger partial charge on any atom is 0.407 e. The van der Waals surface area contributed by atoms with Crippen LogP contribution >= 0.6 is 0 Å². The number of ether oxygens (including phenoxy) is 4. The first-order chi connectivity index (χ1) is 20.2. The predicted octanol–water partition coefficient (Wildman–Crippen LogP) is 0.972. The number of hydrogen-bond acceptors (Lipinski definition) is 10. The van der Waals surface area contributed by atoms with Crippen LogP contribution in [0.4, 0.5) is 4.79 Å². The van der Waals surface area contributed by atoms with E-state index in [1.54, 1.807) is 0 Å². The molecule has 0 aromatic heterocycles. The second kappa shape index (κ2) is 13.9. The Morgan fingerprint density at radius 1 is 1.02 bits per heavy atom. The van der Waals surface area contributed by atoms with Crippen LogP contribution in [0, 0.1) is 0 Å². The van der Waals surface area contributed by atoms with E-state index in [-0.39, 0.29) is 19.1 Å². The minimum Gasteiger partial charge on any atom is -0.460 e. The number of nitrogens with one attached hydrogen (secondary N) is 2. The van der Waals surface area contributed by atoms with Gasteiger partial charge in [-0.3, -0.25) is 4.79 Å². The summed E-state index contributed by atoms with van der Waals surface area (Å²) in [5, 5.41) is 35.4. The molecule has 2 aliphatic rings. The van der Waals surface area contributed by atoms with E-state index in [9.17, 15) is 29.7 Å². The Morgan fingerprint density at radius 2 is 1.64 bits per heavy atom. The summed E-state index contributed by atoms with van der Waals surface area (Å²) in [6, 6.07) is 13.1. The van der Waals surface area contributed by atoms with E-state index < -0.39 is 67.4 Å². The zero-order valence-electron chi connectivity index (χ0n) is 23.3. The van der Waals surface area contributed by atoms with Gasteiger partial charge in [0.15, 0.2) is 12.3 Å². The molecule has 5 N–H and O–H groups in total. The molecule has 2 aromatic rings. The number of hydrogen-bond donors (Lipinski definition) is 5. The van der Waals surface area contributed by atoms with Crippen LogP contribution in [0.2, 0.25) is 0 Å². The van der Waals surface area contributed by atoms with E-state index in [1.807, 2.05) is 48.5 Å². The highest BCUT2D eigenvalue weighted by Gasteiger charge is 2.47. The number of esters is 1. The van der Waals surface area contributed by atoms with Gasteiger partial charge in [-0.25, -0.2) is 9.59 Å². The molecule has 226 valence electrons. The summed E-state index contributed by atoms with van der Waals surface area (Å²) < 4.78 is 22.2. The van der Waals surface area contributed by atoms with Crippen LogP contribution in [0.5, 0.6) is 0 Å². The molecular weight excluding hydrogens is 548 g/mol. The van der Waals surface area contributed by atoms with Gasteiger partial charge in [-0.05, 0) is 29.2 Å². The molecule has 42 heavy (non-hydrogen) atoms.